The maximum Gasteiger partial charge on any atom is 0.187 e. The molecule has 0 aromatic heterocycles. The number of aliphatic hydroxyl groups is 9. The molecule has 8 fully saturated rings. The predicted molar refractivity (Wildman–Crippen MR) is 214 cm³/mol. The van der Waals surface area contributed by atoms with E-state index in [1.807, 2.05) is 0 Å². The largest absolute Gasteiger partial charge is 0.394 e. The molecule has 354 valence electrons. The van der Waals surface area contributed by atoms with E-state index in [2.05, 4.69) is 33.8 Å². The lowest BCUT2D eigenvalue weighted by Gasteiger charge is -2.59. The van der Waals surface area contributed by atoms with Crippen LogP contribution in [0.25, 0.3) is 0 Å². The lowest BCUT2D eigenvalue weighted by molar-refractivity contribution is -0.394. The molecule has 3 saturated carbocycles. The molecule has 4 aliphatic carbocycles. The third kappa shape index (κ3) is 7.49. The van der Waals surface area contributed by atoms with Crippen molar-refractivity contribution in [1.29, 1.82) is 0 Å². The van der Waals surface area contributed by atoms with E-state index in [1.165, 1.54) is 12.5 Å². The fraction of sp³-hybridized carbons (Fsp3) is 0.956. The Labute approximate surface area is 363 Å². The Bertz CT molecular complexity index is 1610. The second-order valence-corrected chi connectivity index (χ2v) is 21.1. The van der Waals surface area contributed by atoms with Gasteiger partial charge < -0.3 is 83.9 Å². The van der Waals surface area contributed by atoms with Gasteiger partial charge in [-0.05, 0) is 98.7 Å². The van der Waals surface area contributed by atoms with E-state index in [9.17, 15) is 46.0 Å². The van der Waals surface area contributed by atoms with Crippen LogP contribution >= 0.6 is 0 Å². The molecule has 0 radical (unpaired) electrons. The smallest absolute Gasteiger partial charge is 0.187 e. The number of hydrogen-bond acceptors (Lipinski definition) is 17. The quantitative estimate of drug-likeness (QED) is 0.148. The summed E-state index contributed by atoms with van der Waals surface area (Å²) in [4.78, 5) is 0. The molecule has 5 saturated heterocycles. The maximum atomic E-state index is 11.6. The molecule has 5 aliphatic heterocycles. The maximum absolute atomic E-state index is 11.6. The Morgan fingerprint density at radius 3 is 2.03 bits per heavy atom. The normalized spacial score (nSPS) is 57.6. The summed E-state index contributed by atoms with van der Waals surface area (Å²) < 4.78 is 50.3. The summed E-state index contributed by atoms with van der Waals surface area (Å²) in [7, 11) is 0. The van der Waals surface area contributed by atoms with Crippen LogP contribution in [0.3, 0.4) is 0 Å². The number of ether oxygens (including phenoxy) is 8. The zero-order chi connectivity index (χ0) is 44.2. The van der Waals surface area contributed by atoms with E-state index < -0.39 is 117 Å². The first-order valence-corrected chi connectivity index (χ1v) is 23.4. The second-order valence-electron chi connectivity index (χ2n) is 21.1. The van der Waals surface area contributed by atoms with Crippen molar-refractivity contribution in [3.8, 4) is 0 Å². The predicted octanol–water partition coefficient (Wildman–Crippen LogP) is 0.214. The van der Waals surface area contributed by atoms with Crippen LogP contribution in [0.2, 0.25) is 0 Å². The van der Waals surface area contributed by atoms with Crippen molar-refractivity contribution >= 4 is 0 Å². The van der Waals surface area contributed by atoms with Crippen molar-refractivity contribution in [3.63, 3.8) is 0 Å². The van der Waals surface area contributed by atoms with Gasteiger partial charge >= 0.3 is 0 Å². The van der Waals surface area contributed by atoms with Gasteiger partial charge in [-0.2, -0.15) is 0 Å². The lowest BCUT2D eigenvalue weighted by Crippen LogP contribution is -2.67. The number of fused-ring (bicyclic) bond motifs is 7. The van der Waals surface area contributed by atoms with Crippen LogP contribution in [0.1, 0.15) is 92.4 Å². The third-order valence-corrected chi connectivity index (χ3v) is 17.7. The molecule has 5 heterocycles. The third-order valence-electron chi connectivity index (χ3n) is 17.7. The summed E-state index contributed by atoms with van der Waals surface area (Å²) in [5, 5.41) is 95.8. The van der Waals surface area contributed by atoms with Gasteiger partial charge in [0.25, 0.3) is 0 Å². The summed E-state index contributed by atoms with van der Waals surface area (Å²) in [6.45, 7) is 10.4. The average Bonchev–Trinajstić information content (AvgIpc) is 3.70. The molecule has 0 aromatic carbocycles. The lowest BCUT2D eigenvalue weighted by atomic mass is 9.47. The molecule has 17 nitrogen and oxygen atoms in total. The molecule has 9 aliphatic rings. The summed E-state index contributed by atoms with van der Waals surface area (Å²) >= 11 is 0. The topological polar surface area (TPSA) is 256 Å². The molecular weight excluding hydrogens is 812 g/mol. The van der Waals surface area contributed by atoms with E-state index in [1.54, 1.807) is 0 Å². The van der Waals surface area contributed by atoms with E-state index in [0.29, 0.717) is 48.3 Å². The van der Waals surface area contributed by atoms with Crippen LogP contribution in [0.15, 0.2) is 11.6 Å². The number of hydrogen-bond donors (Lipinski definition) is 9. The molecule has 0 bridgehead atoms. The van der Waals surface area contributed by atoms with Gasteiger partial charge in [-0.1, -0.05) is 39.3 Å². The van der Waals surface area contributed by atoms with E-state index >= 15 is 0 Å². The van der Waals surface area contributed by atoms with Crippen molar-refractivity contribution in [1.82, 2.24) is 0 Å². The van der Waals surface area contributed by atoms with Crippen LogP contribution in [0.5, 0.6) is 0 Å². The van der Waals surface area contributed by atoms with Crippen LogP contribution in [-0.2, 0) is 37.9 Å². The zero-order valence-electron chi connectivity index (χ0n) is 36.6. The Morgan fingerprint density at radius 1 is 0.677 bits per heavy atom. The van der Waals surface area contributed by atoms with Gasteiger partial charge in [0.2, 0.25) is 0 Å². The molecule has 26 atom stereocenters. The van der Waals surface area contributed by atoms with Gasteiger partial charge in [-0.3, -0.25) is 0 Å². The SMILES string of the molecule is C[C@@H]1CC[C@@]2(OC1)O[C@H]1C[C@H]3[C@@H]4CC=C5C[C@@H](OC6O[C@H](CO)[C@@H](O)[C@H](O[C@@H]7O[C@H](CO)[C@@H](O)[C@H](O)[C@H]7O)[C@H]6O[C@@H]6O[C@@H](C)[C@H](O)[C@@H](O)[C@H]6O)CC[C@]5(C)[C@H]4CC[C@]3(C)[C@H]1[C@@H]2C. The molecule has 1 unspecified atom stereocenters. The summed E-state index contributed by atoms with van der Waals surface area (Å²) in [5.41, 5.74) is 1.45. The van der Waals surface area contributed by atoms with Crippen molar-refractivity contribution in [3.05, 3.63) is 11.6 Å². The highest BCUT2D eigenvalue weighted by atomic mass is 16.8. The van der Waals surface area contributed by atoms with Crippen LogP contribution in [0, 0.1) is 46.3 Å². The number of aliphatic hydroxyl groups excluding tert-OH is 9. The molecule has 9 N–H and O–H groups in total. The van der Waals surface area contributed by atoms with Crippen LogP contribution in [0.4, 0.5) is 0 Å². The molecule has 17 heteroatoms. The molecule has 0 amide bonds. The van der Waals surface area contributed by atoms with E-state index in [4.69, 9.17) is 37.9 Å². The standard InChI is InChI=1S/C45H72O17/c1-19-8-13-45(55-18-19)20(2)30-27(62-45)15-26-24-7-6-22-14-23(9-11-43(22,4)25(24)10-12-44(26,30)5)57-42-39(61-40-36(53)34(51)31(48)21(3)56-40)38(33(50)29(17-47)59-42)60-41-37(54)35(52)32(49)28(16-46)58-41/h6,19-21,23-42,46-54H,7-18H2,1-5H3/t19-,20+,21+,23+,24-,25+,26+,27+,28-,29-,30+,31+,32-,33-,34-,35+,36-,37-,38+,39-,40+,41+,42?,43+,44+,45-/m1/s1. The minimum absolute atomic E-state index is 0.0484. The highest BCUT2D eigenvalue weighted by Gasteiger charge is 2.69. The summed E-state index contributed by atoms with van der Waals surface area (Å²) in [5.74, 6) is 2.52. The van der Waals surface area contributed by atoms with Gasteiger partial charge in [0, 0.05) is 12.3 Å². The van der Waals surface area contributed by atoms with E-state index in [-0.39, 0.29) is 16.9 Å². The Balaban J connectivity index is 0.940. The van der Waals surface area contributed by atoms with Gasteiger partial charge in [0.1, 0.15) is 67.1 Å². The van der Waals surface area contributed by atoms with Crippen LogP contribution in [-0.4, -0.2) is 176 Å². The van der Waals surface area contributed by atoms with Gasteiger partial charge in [0.15, 0.2) is 24.7 Å². The van der Waals surface area contributed by atoms with Crippen molar-refractivity contribution < 1.29 is 83.9 Å². The number of allylic oxidation sites excluding steroid dienone is 1. The second kappa shape index (κ2) is 17.3. The number of rotatable bonds is 8. The van der Waals surface area contributed by atoms with Gasteiger partial charge in [0.05, 0.1) is 38.1 Å². The van der Waals surface area contributed by atoms with Crippen molar-refractivity contribution in [2.45, 2.75) is 203 Å². The van der Waals surface area contributed by atoms with Crippen molar-refractivity contribution in [2.24, 2.45) is 46.3 Å². The first kappa shape index (κ1) is 46.2. The minimum Gasteiger partial charge on any atom is -0.394 e. The van der Waals surface area contributed by atoms with E-state index in [0.717, 1.165) is 51.6 Å². The Kier molecular flexibility index (Phi) is 12.9. The molecule has 62 heavy (non-hydrogen) atoms. The zero-order valence-corrected chi connectivity index (χ0v) is 36.6. The fourth-order valence-corrected chi connectivity index (χ4v) is 14.0. The van der Waals surface area contributed by atoms with Gasteiger partial charge in [-0.15, -0.1) is 0 Å². The average molecular weight is 885 g/mol. The summed E-state index contributed by atoms with van der Waals surface area (Å²) in [6.07, 6.45) is -12.4. The highest BCUT2D eigenvalue weighted by molar-refractivity contribution is 5.26. The monoisotopic (exact) mass is 884 g/mol. The Morgan fingerprint density at radius 2 is 1.34 bits per heavy atom. The minimum atomic E-state index is -1.84. The van der Waals surface area contributed by atoms with Crippen molar-refractivity contribution in [2.75, 3.05) is 19.8 Å². The first-order chi connectivity index (χ1) is 29.4. The first-order valence-electron chi connectivity index (χ1n) is 23.4. The summed E-state index contributed by atoms with van der Waals surface area (Å²) in [6, 6.07) is 0. The Hall–Kier alpha value is -0.940. The molecule has 0 aromatic rings. The van der Waals surface area contributed by atoms with Crippen LogP contribution < -0.4 is 0 Å². The highest BCUT2D eigenvalue weighted by Crippen LogP contribution is 2.70. The molecular formula is C45H72O17. The van der Waals surface area contributed by atoms with Gasteiger partial charge in [-0.25, -0.2) is 0 Å². The fourth-order valence-electron chi connectivity index (χ4n) is 14.0. The molecule has 1 spiro atoms. The molecule has 9 rings (SSSR count).